The van der Waals surface area contributed by atoms with E-state index in [1.54, 1.807) is 0 Å². The van der Waals surface area contributed by atoms with Crippen LogP contribution in [0.4, 0.5) is 0 Å². The van der Waals surface area contributed by atoms with Gasteiger partial charge in [-0.15, -0.1) is 0 Å². The molecule has 16 heavy (non-hydrogen) atoms. The van der Waals surface area contributed by atoms with Crippen molar-refractivity contribution in [1.29, 1.82) is 0 Å². The van der Waals surface area contributed by atoms with Gasteiger partial charge in [0.05, 0.1) is 0 Å². The molecule has 0 radical (unpaired) electrons. The molecule has 0 saturated heterocycles. The Morgan fingerprint density at radius 3 is 2.94 bits per heavy atom. The summed E-state index contributed by atoms with van der Waals surface area (Å²) >= 11 is 0. The van der Waals surface area contributed by atoms with E-state index in [0.717, 1.165) is 30.4 Å². The van der Waals surface area contributed by atoms with Crippen LogP contribution in [0.2, 0.25) is 0 Å². The van der Waals surface area contributed by atoms with Crippen LogP contribution in [0, 0.1) is 0 Å². The molecule has 0 aromatic heterocycles. The second-order valence-corrected chi connectivity index (χ2v) is 4.34. The van der Waals surface area contributed by atoms with Gasteiger partial charge in [0.25, 0.3) is 0 Å². The molecule has 0 amide bonds. The zero-order valence-corrected chi connectivity index (χ0v) is 9.65. The highest BCUT2D eigenvalue weighted by Gasteiger charge is 2.12. The number of rotatable bonds is 0. The van der Waals surface area contributed by atoms with E-state index < -0.39 is 0 Å². The minimum atomic E-state index is 0.263. The summed E-state index contributed by atoms with van der Waals surface area (Å²) in [6.07, 6.45) is 5.29. The lowest BCUT2D eigenvalue weighted by atomic mass is 9.96. The number of ketones is 1. The number of hydrogen-bond acceptors (Lipinski definition) is 2. The topological polar surface area (TPSA) is 29.4 Å². The first-order valence-electron chi connectivity index (χ1n) is 5.90. The SMILES string of the molecule is CC1CCC(=O)c2ccccc2CCC=N1. The third-order valence-corrected chi connectivity index (χ3v) is 3.01. The minimum absolute atomic E-state index is 0.263. The lowest BCUT2D eigenvalue weighted by molar-refractivity contribution is 0.0977. The summed E-state index contributed by atoms with van der Waals surface area (Å²) < 4.78 is 0. The quantitative estimate of drug-likeness (QED) is 0.654. The molecule has 0 saturated carbocycles. The van der Waals surface area contributed by atoms with E-state index in [0.29, 0.717) is 6.42 Å². The van der Waals surface area contributed by atoms with E-state index >= 15 is 0 Å². The Labute approximate surface area is 96.4 Å². The van der Waals surface area contributed by atoms with E-state index in [1.807, 2.05) is 30.5 Å². The molecule has 1 unspecified atom stereocenters. The van der Waals surface area contributed by atoms with Gasteiger partial charge in [0.1, 0.15) is 0 Å². The number of aliphatic imine (C=N–C) groups is 1. The Hall–Kier alpha value is -1.44. The van der Waals surface area contributed by atoms with Crippen molar-refractivity contribution in [2.24, 2.45) is 4.99 Å². The van der Waals surface area contributed by atoms with Gasteiger partial charge in [-0.25, -0.2) is 0 Å². The van der Waals surface area contributed by atoms with Crippen LogP contribution in [-0.2, 0) is 6.42 Å². The molecule has 1 heterocycles. The second kappa shape index (κ2) is 5.06. The summed E-state index contributed by atoms with van der Waals surface area (Å²) in [5.74, 6) is 0.263. The average Bonchev–Trinajstić information content (AvgIpc) is 2.32. The fraction of sp³-hybridized carbons (Fsp3) is 0.429. The van der Waals surface area contributed by atoms with Crippen LogP contribution >= 0.6 is 0 Å². The molecule has 1 atom stereocenters. The molecule has 0 N–H and O–H groups in total. The smallest absolute Gasteiger partial charge is 0.163 e. The summed E-state index contributed by atoms with van der Waals surface area (Å²) in [5.41, 5.74) is 2.07. The van der Waals surface area contributed by atoms with Crippen LogP contribution in [0.1, 0.15) is 42.1 Å². The number of fused-ring (bicyclic) bond motifs is 1. The monoisotopic (exact) mass is 215 g/mol. The van der Waals surface area contributed by atoms with Gasteiger partial charge in [-0.3, -0.25) is 9.79 Å². The Balaban J connectivity index is 2.27. The average molecular weight is 215 g/mol. The molecule has 0 aliphatic carbocycles. The Morgan fingerprint density at radius 1 is 1.25 bits per heavy atom. The minimum Gasteiger partial charge on any atom is -0.294 e. The molecule has 0 fully saturated rings. The predicted octanol–water partition coefficient (Wildman–Crippen LogP) is 3.06. The molecular weight excluding hydrogens is 198 g/mol. The normalized spacial score (nSPS) is 21.6. The summed E-state index contributed by atoms with van der Waals surface area (Å²) in [6, 6.07) is 8.21. The largest absolute Gasteiger partial charge is 0.294 e. The van der Waals surface area contributed by atoms with Crippen LogP contribution in [-0.4, -0.2) is 18.0 Å². The van der Waals surface area contributed by atoms with Crippen LogP contribution in [0.15, 0.2) is 29.3 Å². The number of aryl methyl sites for hydroxylation is 1. The molecule has 84 valence electrons. The van der Waals surface area contributed by atoms with Crippen molar-refractivity contribution in [3.05, 3.63) is 35.4 Å². The zero-order chi connectivity index (χ0) is 11.4. The molecule has 2 heteroatoms. The van der Waals surface area contributed by atoms with Gasteiger partial charge in [-0.2, -0.15) is 0 Å². The summed E-state index contributed by atoms with van der Waals surface area (Å²) in [4.78, 5) is 16.4. The summed E-state index contributed by atoms with van der Waals surface area (Å²) in [6.45, 7) is 2.07. The highest BCUT2D eigenvalue weighted by Crippen LogP contribution is 2.16. The first kappa shape index (κ1) is 11.1. The Bertz CT molecular complexity index is 409. The first-order valence-corrected chi connectivity index (χ1v) is 5.90. The van der Waals surface area contributed by atoms with E-state index in [9.17, 15) is 4.79 Å². The maximum Gasteiger partial charge on any atom is 0.163 e. The first-order chi connectivity index (χ1) is 7.77. The second-order valence-electron chi connectivity index (χ2n) is 4.34. The lowest BCUT2D eigenvalue weighted by Gasteiger charge is -2.11. The highest BCUT2D eigenvalue weighted by atomic mass is 16.1. The van der Waals surface area contributed by atoms with Crippen molar-refractivity contribution in [2.45, 2.75) is 38.6 Å². The molecule has 1 aromatic carbocycles. The zero-order valence-electron chi connectivity index (χ0n) is 9.65. The molecule has 2 nitrogen and oxygen atoms in total. The van der Waals surface area contributed by atoms with Crippen LogP contribution in [0.25, 0.3) is 0 Å². The Kier molecular flexibility index (Phi) is 3.50. The van der Waals surface area contributed by atoms with Crippen molar-refractivity contribution >= 4 is 12.0 Å². The number of carbonyl (C=O) groups excluding carboxylic acids is 1. The van der Waals surface area contributed by atoms with Crippen LogP contribution < -0.4 is 0 Å². The van der Waals surface area contributed by atoms with Crippen LogP contribution in [0.5, 0.6) is 0 Å². The van der Waals surface area contributed by atoms with Crippen molar-refractivity contribution in [2.75, 3.05) is 0 Å². The van der Waals surface area contributed by atoms with Gasteiger partial charge in [-0.1, -0.05) is 24.3 Å². The maximum atomic E-state index is 12.0. The Morgan fingerprint density at radius 2 is 2.06 bits per heavy atom. The van der Waals surface area contributed by atoms with Gasteiger partial charge in [0.15, 0.2) is 5.78 Å². The van der Waals surface area contributed by atoms with E-state index in [2.05, 4.69) is 11.9 Å². The number of benzene rings is 1. The van der Waals surface area contributed by atoms with Crippen molar-refractivity contribution < 1.29 is 4.79 Å². The van der Waals surface area contributed by atoms with E-state index in [1.165, 1.54) is 0 Å². The lowest BCUT2D eigenvalue weighted by Crippen LogP contribution is -2.09. The van der Waals surface area contributed by atoms with Gasteiger partial charge in [-0.05, 0) is 38.0 Å². The number of hydrogen-bond donors (Lipinski definition) is 0. The molecule has 1 aromatic rings. The molecule has 2 rings (SSSR count). The van der Waals surface area contributed by atoms with Gasteiger partial charge >= 0.3 is 0 Å². The molecular formula is C14H17NO. The molecule has 1 aliphatic rings. The third kappa shape index (κ3) is 2.57. The number of carbonyl (C=O) groups is 1. The fourth-order valence-corrected chi connectivity index (χ4v) is 2.03. The summed E-state index contributed by atoms with van der Waals surface area (Å²) in [5, 5.41) is 0. The van der Waals surface area contributed by atoms with E-state index in [4.69, 9.17) is 0 Å². The third-order valence-electron chi connectivity index (χ3n) is 3.01. The molecule has 1 aliphatic heterocycles. The van der Waals surface area contributed by atoms with Gasteiger partial charge < -0.3 is 0 Å². The van der Waals surface area contributed by atoms with Crippen molar-refractivity contribution in [3.63, 3.8) is 0 Å². The standard InChI is InChI=1S/C14H17NO/c1-11-8-9-14(16)13-7-3-2-5-12(13)6-4-10-15-11/h2-3,5,7,10-11H,4,6,8-9H2,1H3. The summed E-state index contributed by atoms with van der Waals surface area (Å²) in [7, 11) is 0. The fourth-order valence-electron chi connectivity index (χ4n) is 2.03. The number of nitrogens with zero attached hydrogens (tertiary/aromatic N) is 1. The van der Waals surface area contributed by atoms with Crippen molar-refractivity contribution in [1.82, 2.24) is 0 Å². The van der Waals surface area contributed by atoms with Gasteiger partial charge in [0.2, 0.25) is 0 Å². The van der Waals surface area contributed by atoms with Gasteiger partial charge in [0, 0.05) is 18.0 Å². The van der Waals surface area contributed by atoms with Crippen molar-refractivity contribution in [3.8, 4) is 0 Å². The molecule has 0 spiro atoms. The number of Topliss-reactive ketones (excluding diaryl/α,β-unsaturated/α-hetero) is 1. The highest BCUT2D eigenvalue weighted by molar-refractivity contribution is 5.97. The van der Waals surface area contributed by atoms with E-state index in [-0.39, 0.29) is 11.8 Å². The predicted molar refractivity (Wildman–Crippen MR) is 66.3 cm³/mol. The maximum absolute atomic E-state index is 12.0. The molecule has 0 bridgehead atoms. The van der Waals surface area contributed by atoms with Crippen LogP contribution in [0.3, 0.4) is 0 Å².